The van der Waals surface area contributed by atoms with Gasteiger partial charge in [0, 0.05) is 19.2 Å². The summed E-state index contributed by atoms with van der Waals surface area (Å²) in [6, 6.07) is 2.54. The fourth-order valence-corrected chi connectivity index (χ4v) is 2.92. The maximum absolute atomic E-state index is 12.0. The zero-order valence-corrected chi connectivity index (χ0v) is 13.0. The van der Waals surface area contributed by atoms with Crippen molar-refractivity contribution in [1.82, 2.24) is 4.90 Å². The Balaban J connectivity index is 1.87. The number of thiophene rings is 1. The number of carbonyl (C=O) groups excluding carboxylic acids is 2. The number of morpholine rings is 1. The lowest BCUT2D eigenvalue weighted by molar-refractivity contribution is -0.380. The normalized spacial score (nSPS) is 21.5. The standard InChI is InChI=1S/C13H16N2O6S/c1-8-5-14(6-9(2)21-8)11(16)7-20-13(17)10-3-4-12(22-10)15(18)19/h3-4,8-9H,5-7H2,1-2H3/t8-,9+. The molecule has 0 aromatic carbocycles. The van der Waals surface area contributed by atoms with Gasteiger partial charge in [-0.05, 0) is 19.9 Å². The number of esters is 1. The van der Waals surface area contributed by atoms with E-state index in [9.17, 15) is 19.7 Å². The lowest BCUT2D eigenvalue weighted by Gasteiger charge is -2.35. The quantitative estimate of drug-likeness (QED) is 0.471. The second-order valence-corrected chi connectivity index (χ2v) is 6.09. The van der Waals surface area contributed by atoms with Crippen molar-refractivity contribution in [3.63, 3.8) is 0 Å². The summed E-state index contributed by atoms with van der Waals surface area (Å²) < 4.78 is 10.4. The van der Waals surface area contributed by atoms with Crippen LogP contribution in [0.15, 0.2) is 12.1 Å². The first kappa shape index (κ1) is 16.4. The van der Waals surface area contributed by atoms with Gasteiger partial charge in [-0.3, -0.25) is 14.9 Å². The predicted molar refractivity (Wildman–Crippen MR) is 77.8 cm³/mol. The van der Waals surface area contributed by atoms with Crippen LogP contribution in [0.25, 0.3) is 0 Å². The third-order valence-corrected chi connectivity index (χ3v) is 4.09. The van der Waals surface area contributed by atoms with Crippen LogP contribution in [-0.4, -0.2) is 53.6 Å². The predicted octanol–water partition coefficient (Wildman–Crippen LogP) is 1.45. The third kappa shape index (κ3) is 4.01. The van der Waals surface area contributed by atoms with E-state index in [4.69, 9.17) is 9.47 Å². The molecule has 1 aromatic heterocycles. The topological polar surface area (TPSA) is 99.0 Å². The molecule has 1 fully saturated rings. The molecule has 0 N–H and O–H groups in total. The average molecular weight is 328 g/mol. The Kier molecular flexibility index (Phi) is 5.09. The summed E-state index contributed by atoms with van der Waals surface area (Å²) in [7, 11) is 0. The number of hydrogen-bond acceptors (Lipinski definition) is 7. The molecule has 1 saturated heterocycles. The molecule has 1 amide bonds. The van der Waals surface area contributed by atoms with Crippen molar-refractivity contribution >= 4 is 28.2 Å². The van der Waals surface area contributed by atoms with Gasteiger partial charge in [-0.15, -0.1) is 0 Å². The number of rotatable bonds is 4. The van der Waals surface area contributed by atoms with Gasteiger partial charge in [0.05, 0.1) is 17.1 Å². The van der Waals surface area contributed by atoms with E-state index in [1.807, 2.05) is 13.8 Å². The van der Waals surface area contributed by atoms with Crippen LogP contribution < -0.4 is 0 Å². The van der Waals surface area contributed by atoms with Crippen LogP contribution in [-0.2, 0) is 14.3 Å². The highest BCUT2D eigenvalue weighted by atomic mass is 32.1. The minimum Gasteiger partial charge on any atom is -0.451 e. The van der Waals surface area contributed by atoms with Crippen LogP contribution in [0.4, 0.5) is 5.00 Å². The van der Waals surface area contributed by atoms with Crippen LogP contribution >= 0.6 is 11.3 Å². The summed E-state index contributed by atoms with van der Waals surface area (Å²) >= 11 is 0.719. The van der Waals surface area contributed by atoms with Gasteiger partial charge in [0.2, 0.25) is 0 Å². The molecule has 22 heavy (non-hydrogen) atoms. The number of carbonyl (C=O) groups is 2. The summed E-state index contributed by atoms with van der Waals surface area (Å²) in [6.45, 7) is 4.25. The SMILES string of the molecule is C[C@@H]1CN(C(=O)COC(=O)c2ccc([N+](=O)[O-])s2)C[C@H](C)O1. The van der Waals surface area contributed by atoms with Crippen molar-refractivity contribution in [2.75, 3.05) is 19.7 Å². The van der Waals surface area contributed by atoms with Crippen molar-refractivity contribution < 1.29 is 24.0 Å². The van der Waals surface area contributed by atoms with E-state index < -0.39 is 10.9 Å². The molecule has 0 saturated carbocycles. The zero-order valence-electron chi connectivity index (χ0n) is 12.2. The van der Waals surface area contributed by atoms with Crippen molar-refractivity contribution in [2.45, 2.75) is 26.1 Å². The van der Waals surface area contributed by atoms with Gasteiger partial charge >= 0.3 is 11.0 Å². The van der Waals surface area contributed by atoms with Crippen LogP contribution in [0.3, 0.4) is 0 Å². The summed E-state index contributed by atoms with van der Waals surface area (Å²) in [6.07, 6.45) is -0.133. The van der Waals surface area contributed by atoms with Crippen molar-refractivity contribution in [3.05, 3.63) is 27.1 Å². The Bertz CT molecular complexity index is 577. The van der Waals surface area contributed by atoms with Gasteiger partial charge in [-0.1, -0.05) is 11.3 Å². The molecular formula is C13H16N2O6S. The largest absolute Gasteiger partial charge is 0.451 e. The molecule has 1 aliphatic heterocycles. The minimum absolute atomic E-state index is 0.0663. The van der Waals surface area contributed by atoms with E-state index in [0.29, 0.717) is 13.1 Å². The van der Waals surface area contributed by atoms with Crippen molar-refractivity contribution in [1.29, 1.82) is 0 Å². The van der Waals surface area contributed by atoms with Crippen molar-refractivity contribution in [3.8, 4) is 0 Å². The second kappa shape index (κ2) is 6.84. The Morgan fingerprint density at radius 3 is 2.59 bits per heavy atom. The summed E-state index contributed by atoms with van der Waals surface area (Å²) in [4.78, 5) is 35.5. The molecule has 1 aromatic rings. The molecule has 2 heterocycles. The maximum atomic E-state index is 12.0. The fourth-order valence-electron chi connectivity index (χ4n) is 2.21. The molecule has 2 rings (SSSR count). The number of nitro groups is 1. The summed E-state index contributed by atoms with van der Waals surface area (Å²) in [5, 5.41) is 10.4. The zero-order chi connectivity index (χ0) is 16.3. The molecule has 120 valence electrons. The maximum Gasteiger partial charge on any atom is 0.349 e. The number of ether oxygens (including phenoxy) is 2. The lowest BCUT2D eigenvalue weighted by Crippen LogP contribution is -2.49. The Morgan fingerprint density at radius 2 is 2.05 bits per heavy atom. The molecule has 8 nitrogen and oxygen atoms in total. The second-order valence-electron chi connectivity index (χ2n) is 5.03. The van der Waals surface area contributed by atoms with E-state index in [2.05, 4.69) is 0 Å². The summed E-state index contributed by atoms with van der Waals surface area (Å²) in [5.41, 5.74) is 0. The molecule has 2 atom stereocenters. The van der Waals surface area contributed by atoms with Crippen molar-refractivity contribution in [2.24, 2.45) is 0 Å². The Hall–Kier alpha value is -2.00. The lowest BCUT2D eigenvalue weighted by atomic mass is 10.2. The first-order valence-corrected chi connectivity index (χ1v) is 7.53. The smallest absolute Gasteiger partial charge is 0.349 e. The van der Waals surface area contributed by atoms with Gasteiger partial charge in [-0.2, -0.15) is 0 Å². The Labute approximate surface area is 130 Å². The molecule has 0 aliphatic carbocycles. The third-order valence-electron chi connectivity index (χ3n) is 3.07. The van der Waals surface area contributed by atoms with Gasteiger partial charge < -0.3 is 14.4 Å². The highest BCUT2D eigenvalue weighted by molar-refractivity contribution is 7.17. The molecule has 0 radical (unpaired) electrons. The van der Waals surface area contributed by atoms with E-state index in [0.717, 1.165) is 11.3 Å². The van der Waals surface area contributed by atoms with Crippen LogP contribution in [0.2, 0.25) is 0 Å². The minimum atomic E-state index is -0.735. The molecule has 0 bridgehead atoms. The highest BCUT2D eigenvalue weighted by Gasteiger charge is 2.26. The van der Waals surface area contributed by atoms with Gasteiger partial charge in [0.15, 0.2) is 6.61 Å². The molecule has 9 heteroatoms. The number of nitrogens with zero attached hydrogens (tertiary/aromatic N) is 2. The molecule has 0 spiro atoms. The summed E-state index contributed by atoms with van der Waals surface area (Å²) in [5.74, 6) is -1.04. The van der Waals surface area contributed by atoms with Crippen LogP contribution in [0.5, 0.6) is 0 Å². The van der Waals surface area contributed by atoms with Gasteiger partial charge in [-0.25, -0.2) is 4.79 Å². The van der Waals surface area contributed by atoms with E-state index in [-0.39, 0.29) is 34.6 Å². The Morgan fingerprint density at radius 1 is 1.41 bits per heavy atom. The van der Waals surface area contributed by atoms with E-state index >= 15 is 0 Å². The van der Waals surface area contributed by atoms with E-state index in [1.165, 1.54) is 12.1 Å². The monoisotopic (exact) mass is 328 g/mol. The average Bonchev–Trinajstić information content (AvgIpc) is 2.93. The first-order chi connectivity index (χ1) is 10.4. The first-order valence-electron chi connectivity index (χ1n) is 6.71. The van der Waals surface area contributed by atoms with Gasteiger partial charge in [0.1, 0.15) is 4.88 Å². The highest BCUT2D eigenvalue weighted by Crippen LogP contribution is 2.24. The van der Waals surface area contributed by atoms with E-state index in [1.54, 1.807) is 4.90 Å². The fraction of sp³-hybridized carbons (Fsp3) is 0.538. The number of hydrogen-bond donors (Lipinski definition) is 0. The molecule has 0 unspecified atom stereocenters. The van der Waals surface area contributed by atoms with Crippen LogP contribution in [0, 0.1) is 10.1 Å². The van der Waals surface area contributed by atoms with Gasteiger partial charge in [0.25, 0.3) is 5.91 Å². The number of amides is 1. The molecular weight excluding hydrogens is 312 g/mol. The molecule has 1 aliphatic rings. The van der Waals surface area contributed by atoms with Crippen LogP contribution in [0.1, 0.15) is 23.5 Å².